The lowest BCUT2D eigenvalue weighted by Crippen LogP contribution is -2.56. The van der Waals surface area contributed by atoms with Gasteiger partial charge in [0.05, 0.1) is 16.8 Å². The van der Waals surface area contributed by atoms with Crippen molar-refractivity contribution in [2.45, 2.75) is 19.9 Å². The second-order valence-corrected chi connectivity index (χ2v) is 9.04. The number of amides is 2. The number of hydrogen-bond donors (Lipinski definition) is 2. The molecule has 5 rings (SSSR count). The van der Waals surface area contributed by atoms with Gasteiger partial charge in [-0.1, -0.05) is 29.8 Å². The summed E-state index contributed by atoms with van der Waals surface area (Å²) in [4.78, 5) is 49.9. The molecule has 10 heteroatoms. The van der Waals surface area contributed by atoms with Crippen molar-refractivity contribution in [2.24, 2.45) is 0 Å². The Morgan fingerprint density at radius 1 is 1.14 bits per heavy atom. The molecule has 180 valence electrons. The molecule has 4 aromatic rings. The number of carbonyl (C=O) groups excluding carboxylic acids is 3. The number of H-pyrrole nitrogens is 2. The molecule has 4 heterocycles. The average molecular weight is 493 g/mol. The number of benzene rings is 1. The normalized spacial score (nSPS) is 16.0. The SMILES string of the molecule is Cc1cc(-c2cc(Cl)nc3c(C(=O)C(=O)N4CCN(C(=O)c5ccccc5)C[C@H]4C)c[nH]c23)n[nH]1.[HH]. The Bertz CT molecular complexity index is 1450. The van der Waals surface area contributed by atoms with Crippen LogP contribution in [0.4, 0.5) is 0 Å². The minimum atomic E-state index is -0.676. The van der Waals surface area contributed by atoms with Gasteiger partial charge < -0.3 is 14.8 Å². The van der Waals surface area contributed by atoms with Gasteiger partial charge in [0.25, 0.3) is 17.6 Å². The number of Topliss-reactive ketones (excluding diaryl/α,β-unsaturated/α-hetero) is 1. The van der Waals surface area contributed by atoms with Crippen LogP contribution in [-0.4, -0.2) is 73.2 Å². The van der Waals surface area contributed by atoms with Crippen LogP contribution < -0.4 is 0 Å². The Morgan fingerprint density at radius 3 is 2.60 bits per heavy atom. The van der Waals surface area contributed by atoms with Gasteiger partial charge in [0.2, 0.25) is 0 Å². The summed E-state index contributed by atoms with van der Waals surface area (Å²) in [5.41, 5.74) is 3.84. The van der Waals surface area contributed by atoms with Gasteiger partial charge in [0, 0.05) is 50.1 Å². The lowest BCUT2D eigenvalue weighted by Gasteiger charge is -2.39. The average Bonchev–Trinajstić information content (AvgIpc) is 3.49. The zero-order chi connectivity index (χ0) is 24.7. The summed E-state index contributed by atoms with van der Waals surface area (Å²) in [7, 11) is 0. The second-order valence-electron chi connectivity index (χ2n) is 8.65. The molecule has 1 saturated heterocycles. The predicted octanol–water partition coefficient (Wildman–Crippen LogP) is 3.72. The highest BCUT2D eigenvalue weighted by molar-refractivity contribution is 6.45. The van der Waals surface area contributed by atoms with E-state index in [-0.39, 0.29) is 30.6 Å². The fourth-order valence-corrected chi connectivity index (χ4v) is 4.64. The van der Waals surface area contributed by atoms with Crippen LogP contribution in [0, 0.1) is 6.92 Å². The van der Waals surface area contributed by atoms with Crippen LogP contribution in [0.15, 0.2) is 48.7 Å². The van der Waals surface area contributed by atoms with Crippen LogP contribution in [0.5, 0.6) is 0 Å². The van der Waals surface area contributed by atoms with E-state index in [0.29, 0.717) is 40.9 Å². The molecule has 0 bridgehead atoms. The Morgan fingerprint density at radius 2 is 1.91 bits per heavy atom. The molecule has 2 N–H and O–H groups in total. The number of rotatable bonds is 4. The van der Waals surface area contributed by atoms with Gasteiger partial charge >= 0.3 is 0 Å². The van der Waals surface area contributed by atoms with E-state index in [0.717, 1.165) is 5.69 Å². The number of carbonyl (C=O) groups is 3. The summed E-state index contributed by atoms with van der Waals surface area (Å²) < 4.78 is 0. The van der Waals surface area contributed by atoms with E-state index in [1.165, 1.54) is 11.1 Å². The maximum Gasteiger partial charge on any atom is 0.295 e. The van der Waals surface area contributed by atoms with Gasteiger partial charge in [-0.25, -0.2) is 4.98 Å². The lowest BCUT2D eigenvalue weighted by atomic mass is 10.1. The highest BCUT2D eigenvalue weighted by Gasteiger charge is 2.34. The number of nitrogens with zero attached hydrogens (tertiary/aromatic N) is 4. The number of halogens is 1. The Balaban J connectivity index is 0.00000304. The first-order chi connectivity index (χ1) is 16.8. The van der Waals surface area contributed by atoms with Gasteiger partial charge in [-0.3, -0.25) is 19.5 Å². The van der Waals surface area contributed by atoms with Crippen molar-refractivity contribution < 1.29 is 15.8 Å². The third-order valence-electron chi connectivity index (χ3n) is 6.22. The van der Waals surface area contributed by atoms with Crippen LogP contribution in [0.2, 0.25) is 5.15 Å². The number of fused-ring (bicyclic) bond motifs is 1. The third-order valence-corrected chi connectivity index (χ3v) is 6.41. The van der Waals surface area contributed by atoms with Crippen molar-refractivity contribution in [2.75, 3.05) is 19.6 Å². The minimum absolute atomic E-state index is 0. The maximum atomic E-state index is 13.3. The predicted molar refractivity (Wildman–Crippen MR) is 133 cm³/mol. The van der Waals surface area contributed by atoms with E-state index in [9.17, 15) is 14.4 Å². The van der Waals surface area contributed by atoms with E-state index in [1.807, 2.05) is 38.1 Å². The number of aromatic nitrogens is 4. The van der Waals surface area contributed by atoms with E-state index in [1.54, 1.807) is 23.1 Å². The van der Waals surface area contributed by atoms with Gasteiger partial charge in [-0.05, 0) is 38.1 Å². The summed E-state index contributed by atoms with van der Waals surface area (Å²) in [6, 6.07) is 12.2. The van der Waals surface area contributed by atoms with Crippen LogP contribution >= 0.6 is 11.6 Å². The molecule has 0 saturated carbocycles. The molecule has 0 radical (unpaired) electrons. The summed E-state index contributed by atoms with van der Waals surface area (Å²) in [6.07, 6.45) is 1.48. The molecule has 35 heavy (non-hydrogen) atoms. The largest absolute Gasteiger partial charge is 0.359 e. The van der Waals surface area contributed by atoms with Gasteiger partial charge in [-0.2, -0.15) is 5.10 Å². The van der Waals surface area contributed by atoms with E-state index in [2.05, 4.69) is 20.2 Å². The molecule has 1 fully saturated rings. The van der Waals surface area contributed by atoms with Gasteiger partial charge in [-0.15, -0.1) is 0 Å². The molecule has 9 nitrogen and oxygen atoms in total. The molecule has 1 aromatic carbocycles. The molecule has 1 atom stereocenters. The highest BCUT2D eigenvalue weighted by atomic mass is 35.5. The van der Waals surface area contributed by atoms with Crippen molar-refractivity contribution in [1.82, 2.24) is 30.0 Å². The quantitative estimate of drug-likeness (QED) is 0.256. The minimum Gasteiger partial charge on any atom is -0.359 e. The summed E-state index contributed by atoms with van der Waals surface area (Å²) in [6.45, 7) is 4.66. The summed E-state index contributed by atoms with van der Waals surface area (Å²) >= 11 is 6.25. The van der Waals surface area contributed by atoms with Crippen molar-refractivity contribution in [3.63, 3.8) is 0 Å². The Kier molecular flexibility index (Phi) is 5.86. The Hall–Kier alpha value is -3.98. The summed E-state index contributed by atoms with van der Waals surface area (Å²) in [5, 5.41) is 7.35. The number of hydrogen-bond acceptors (Lipinski definition) is 5. The molecular weight excluding hydrogens is 468 g/mol. The number of pyridine rings is 1. The number of aryl methyl sites for hydroxylation is 1. The van der Waals surface area contributed by atoms with Crippen molar-refractivity contribution in [3.05, 3.63) is 70.6 Å². The highest BCUT2D eigenvalue weighted by Crippen LogP contribution is 2.31. The molecule has 0 aliphatic carbocycles. The zero-order valence-corrected chi connectivity index (χ0v) is 20.0. The Labute approximate surface area is 207 Å². The molecule has 1 aliphatic heterocycles. The van der Waals surface area contributed by atoms with Crippen LogP contribution in [-0.2, 0) is 4.79 Å². The molecular formula is C25H25ClN6O3. The lowest BCUT2D eigenvalue weighted by molar-refractivity contribution is -0.130. The van der Waals surface area contributed by atoms with Crippen LogP contribution in [0.1, 0.15) is 34.8 Å². The van der Waals surface area contributed by atoms with Crippen LogP contribution in [0.25, 0.3) is 22.3 Å². The standard InChI is InChI=1S/C25H23ClN6O3.H2/c1-14-10-19(30-29-14)17-11-20(26)28-22-18(12-27-21(17)22)23(33)25(35)32-9-8-31(13-15(32)2)24(34)16-6-4-3-5-7-16;/h3-7,10-12,15,27H,8-9,13H2,1-2H3,(H,29,30);1H/t15-;/m1./s1. The van der Waals surface area contributed by atoms with Crippen molar-refractivity contribution >= 4 is 40.2 Å². The first-order valence-corrected chi connectivity index (χ1v) is 11.6. The van der Waals surface area contributed by atoms with E-state index < -0.39 is 11.7 Å². The molecule has 1 aliphatic rings. The maximum absolute atomic E-state index is 13.3. The molecule has 2 amide bonds. The van der Waals surface area contributed by atoms with Crippen molar-refractivity contribution in [3.8, 4) is 11.3 Å². The number of piperazine rings is 1. The number of ketones is 1. The monoisotopic (exact) mass is 492 g/mol. The second kappa shape index (κ2) is 8.99. The topological polar surface area (TPSA) is 115 Å². The first kappa shape index (κ1) is 22.8. The smallest absolute Gasteiger partial charge is 0.295 e. The fraction of sp³-hybridized carbons (Fsp3) is 0.240. The summed E-state index contributed by atoms with van der Waals surface area (Å²) in [5.74, 6) is -1.40. The van der Waals surface area contributed by atoms with Gasteiger partial charge in [0.1, 0.15) is 10.7 Å². The van der Waals surface area contributed by atoms with E-state index in [4.69, 9.17) is 11.6 Å². The zero-order valence-electron chi connectivity index (χ0n) is 19.2. The van der Waals surface area contributed by atoms with Crippen LogP contribution in [0.3, 0.4) is 0 Å². The van der Waals surface area contributed by atoms with Crippen molar-refractivity contribution in [1.29, 1.82) is 0 Å². The molecule has 3 aromatic heterocycles. The third kappa shape index (κ3) is 4.19. The number of nitrogens with one attached hydrogen (secondary N) is 2. The first-order valence-electron chi connectivity index (χ1n) is 11.2. The van der Waals surface area contributed by atoms with Gasteiger partial charge in [0.15, 0.2) is 0 Å². The number of aromatic amines is 2. The molecule has 0 spiro atoms. The van der Waals surface area contributed by atoms with E-state index >= 15 is 0 Å². The molecule has 0 unspecified atom stereocenters. The fourth-order valence-electron chi connectivity index (χ4n) is 4.45.